The molecule has 0 unspecified atom stereocenters. The standard InChI is InChI=1S/C16H33F.C8H16/c1-2-3-4-5-6-7-8-9-10-11-12-13-14-15-16-17;1-3-5-7-8-6-4-2/h2-16H2,1H3;3H,1,4-8H2,2H3. The molecule has 0 saturated carbocycles. The fourth-order valence-corrected chi connectivity index (χ4v) is 3.00. The molecule has 0 saturated heterocycles. The second-order valence-corrected chi connectivity index (χ2v) is 7.42. The Morgan fingerprint density at radius 3 is 1.16 bits per heavy atom. The van der Waals surface area contributed by atoms with Crippen molar-refractivity contribution in [3.05, 3.63) is 12.7 Å². The van der Waals surface area contributed by atoms with Gasteiger partial charge in [-0.15, -0.1) is 6.58 Å². The minimum Gasteiger partial charge on any atom is -0.251 e. The van der Waals surface area contributed by atoms with Crippen LogP contribution < -0.4 is 0 Å². The van der Waals surface area contributed by atoms with Crippen LogP contribution in [0, 0.1) is 0 Å². The average Bonchev–Trinajstić information content (AvgIpc) is 2.63. The molecule has 0 aliphatic heterocycles. The zero-order chi connectivity index (χ0) is 18.8. The lowest BCUT2D eigenvalue weighted by atomic mass is 10.0. The number of alkyl halides is 1. The molecule has 0 spiro atoms. The van der Waals surface area contributed by atoms with E-state index >= 15 is 0 Å². The van der Waals surface area contributed by atoms with Crippen molar-refractivity contribution in [1.82, 2.24) is 0 Å². The first-order valence-corrected chi connectivity index (χ1v) is 11.5. The molecule has 0 N–H and O–H groups in total. The molecule has 0 nitrogen and oxygen atoms in total. The first-order valence-electron chi connectivity index (χ1n) is 11.5. The SMILES string of the molecule is C=CCCCCCC.CCCCCCCCCCCCCCCCF. The van der Waals surface area contributed by atoms with Gasteiger partial charge in [0.15, 0.2) is 0 Å². The minimum atomic E-state index is -0.127. The molecular formula is C24H49F. The van der Waals surface area contributed by atoms with Gasteiger partial charge in [0.2, 0.25) is 0 Å². The Kier molecular flexibility index (Phi) is 30.6. The Bertz CT molecular complexity index is 198. The van der Waals surface area contributed by atoms with Crippen molar-refractivity contribution in [3.63, 3.8) is 0 Å². The predicted molar refractivity (Wildman–Crippen MR) is 115 cm³/mol. The highest BCUT2D eigenvalue weighted by molar-refractivity contribution is 4.65. The second kappa shape index (κ2) is 28.5. The molecule has 0 aliphatic carbocycles. The molecule has 1 heteroatoms. The van der Waals surface area contributed by atoms with Gasteiger partial charge < -0.3 is 0 Å². The molecule has 0 radical (unpaired) electrons. The van der Waals surface area contributed by atoms with Crippen molar-refractivity contribution < 1.29 is 4.39 Å². The summed E-state index contributed by atoms with van der Waals surface area (Å²) in [6.07, 6.45) is 27.1. The summed E-state index contributed by atoms with van der Waals surface area (Å²) in [6.45, 7) is 8.03. The average molecular weight is 357 g/mol. The molecule has 0 bridgehead atoms. The number of unbranched alkanes of at least 4 members (excludes halogenated alkanes) is 17. The third-order valence-electron chi connectivity index (χ3n) is 4.75. The lowest BCUT2D eigenvalue weighted by Crippen LogP contribution is -1.83. The van der Waals surface area contributed by atoms with E-state index in [1.54, 1.807) is 0 Å². The Morgan fingerprint density at radius 1 is 0.520 bits per heavy atom. The van der Waals surface area contributed by atoms with Crippen LogP contribution >= 0.6 is 0 Å². The van der Waals surface area contributed by atoms with Crippen LogP contribution in [0.2, 0.25) is 0 Å². The summed E-state index contributed by atoms with van der Waals surface area (Å²) in [6, 6.07) is 0. The molecule has 25 heavy (non-hydrogen) atoms. The number of halogens is 1. The van der Waals surface area contributed by atoms with E-state index in [9.17, 15) is 4.39 Å². The Morgan fingerprint density at radius 2 is 0.840 bits per heavy atom. The Labute approximate surface area is 160 Å². The number of hydrogen-bond acceptors (Lipinski definition) is 0. The zero-order valence-corrected chi connectivity index (χ0v) is 17.8. The van der Waals surface area contributed by atoms with Crippen LogP contribution in [-0.4, -0.2) is 6.67 Å². The molecule has 0 heterocycles. The normalized spacial score (nSPS) is 10.4. The van der Waals surface area contributed by atoms with Crippen molar-refractivity contribution in [1.29, 1.82) is 0 Å². The largest absolute Gasteiger partial charge is 0.251 e. The Hall–Kier alpha value is -0.330. The van der Waals surface area contributed by atoms with E-state index in [-0.39, 0.29) is 6.67 Å². The van der Waals surface area contributed by atoms with Gasteiger partial charge in [-0.05, 0) is 19.3 Å². The summed E-state index contributed by atoms with van der Waals surface area (Å²) < 4.78 is 11.8. The van der Waals surface area contributed by atoms with Crippen LogP contribution in [0.25, 0.3) is 0 Å². The quantitative estimate of drug-likeness (QED) is 0.160. The maximum atomic E-state index is 11.8. The van der Waals surface area contributed by atoms with Gasteiger partial charge >= 0.3 is 0 Å². The van der Waals surface area contributed by atoms with E-state index in [4.69, 9.17) is 0 Å². The lowest BCUT2D eigenvalue weighted by molar-refractivity contribution is 0.448. The molecule has 0 aromatic carbocycles. The molecule has 0 aliphatic rings. The van der Waals surface area contributed by atoms with Gasteiger partial charge in [0, 0.05) is 0 Å². The molecular weight excluding hydrogens is 307 g/mol. The molecule has 0 rings (SSSR count). The third kappa shape index (κ3) is 31.9. The van der Waals surface area contributed by atoms with Gasteiger partial charge in [-0.1, -0.05) is 123 Å². The highest BCUT2D eigenvalue weighted by atomic mass is 19.1. The Balaban J connectivity index is 0. The van der Waals surface area contributed by atoms with Crippen LogP contribution in [0.5, 0.6) is 0 Å². The van der Waals surface area contributed by atoms with Gasteiger partial charge in [-0.2, -0.15) is 0 Å². The molecule has 0 aromatic rings. The third-order valence-corrected chi connectivity index (χ3v) is 4.75. The lowest BCUT2D eigenvalue weighted by Gasteiger charge is -2.02. The number of hydrogen-bond donors (Lipinski definition) is 0. The van der Waals surface area contributed by atoms with Crippen molar-refractivity contribution in [2.75, 3.05) is 6.67 Å². The van der Waals surface area contributed by atoms with Gasteiger partial charge in [0.25, 0.3) is 0 Å². The van der Waals surface area contributed by atoms with Gasteiger partial charge in [0.1, 0.15) is 0 Å². The van der Waals surface area contributed by atoms with Crippen LogP contribution in [0.1, 0.15) is 136 Å². The van der Waals surface area contributed by atoms with E-state index in [1.807, 2.05) is 6.08 Å². The summed E-state index contributed by atoms with van der Waals surface area (Å²) in [4.78, 5) is 0. The smallest absolute Gasteiger partial charge is 0.0894 e. The summed E-state index contributed by atoms with van der Waals surface area (Å²) in [5.74, 6) is 0. The van der Waals surface area contributed by atoms with E-state index in [0.29, 0.717) is 0 Å². The van der Waals surface area contributed by atoms with Crippen LogP contribution in [-0.2, 0) is 0 Å². The van der Waals surface area contributed by atoms with E-state index in [1.165, 1.54) is 109 Å². The van der Waals surface area contributed by atoms with Crippen molar-refractivity contribution in [2.45, 2.75) is 136 Å². The van der Waals surface area contributed by atoms with E-state index in [0.717, 1.165) is 12.8 Å². The summed E-state index contributed by atoms with van der Waals surface area (Å²) >= 11 is 0. The monoisotopic (exact) mass is 356 g/mol. The van der Waals surface area contributed by atoms with Gasteiger partial charge in [0.05, 0.1) is 6.67 Å². The number of allylic oxidation sites excluding steroid dienone is 1. The van der Waals surface area contributed by atoms with Gasteiger partial charge in [-0.3, -0.25) is 4.39 Å². The second-order valence-electron chi connectivity index (χ2n) is 7.42. The first kappa shape index (κ1) is 26.9. The molecule has 0 atom stereocenters. The highest BCUT2D eigenvalue weighted by Crippen LogP contribution is 2.12. The van der Waals surface area contributed by atoms with Crippen molar-refractivity contribution in [3.8, 4) is 0 Å². The first-order chi connectivity index (χ1) is 12.3. The summed E-state index contributed by atoms with van der Waals surface area (Å²) in [5, 5.41) is 0. The van der Waals surface area contributed by atoms with Crippen LogP contribution in [0.3, 0.4) is 0 Å². The van der Waals surface area contributed by atoms with E-state index in [2.05, 4.69) is 20.4 Å². The van der Waals surface area contributed by atoms with E-state index < -0.39 is 0 Å². The molecule has 0 amide bonds. The summed E-state index contributed by atoms with van der Waals surface area (Å²) in [7, 11) is 0. The van der Waals surface area contributed by atoms with Crippen LogP contribution in [0.15, 0.2) is 12.7 Å². The predicted octanol–water partition coefficient (Wildman–Crippen LogP) is 9.58. The fourth-order valence-electron chi connectivity index (χ4n) is 3.00. The highest BCUT2D eigenvalue weighted by Gasteiger charge is 1.93. The molecule has 0 fully saturated rings. The van der Waals surface area contributed by atoms with Crippen molar-refractivity contribution >= 4 is 0 Å². The topological polar surface area (TPSA) is 0 Å². The molecule has 0 aromatic heterocycles. The van der Waals surface area contributed by atoms with Crippen LogP contribution in [0.4, 0.5) is 4.39 Å². The minimum absolute atomic E-state index is 0.127. The fraction of sp³-hybridized carbons (Fsp3) is 0.917. The summed E-state index contributed by atoms with van der Waals surface area (Å²) in [5.41, 5.74) is 0. The van der Waals surface area contributed by atoms with Crippen molar-refractivity contribution in [2.24, 2.45) is 0 Å². The van der Waals surface area contributed by atoms with Gasteiger partial charge in [-0.25, -0.2) is 0 Å². The zero-order valence-electron chi connectivity index (χ0n) is 17.8. The maximum Gasteiger partial charge on any atom is 0.0894 e. The maximum absolute atomic E-state index is 11.8. The number of rotatable bonds is 19. The molecule has 152 valence electrons.